The number of hydrogen-bond acceptors (Lipinski definition) is 6. The monoisotopic (exact) mass is 230 g/mol. The molecule has 0 saturated carbocycles. The summed E-state index contributed by atoms with van der Waals surface area (Å²) in [4.78, 5) is 22.2. The van der Waals surface area contributed by atoms with Crippen molar-refractivity contribution in [2.75, 3.05) is 11.1 Å². The van der Waals surface area contributed by atoms with Crippen molar-refractivity contribution >= 4 is 29.4 Å². The first-order chi connectivity index (χ1) is 7.02. The number of aromatic nitrogens is 3. The summed E-state index contributed by atoms with van der Waals surface area (Å²) in [6.45, 7) is 1.59. The molecule has 0 aliphatic carbocycles. The lowest BCUT2D eigenvalue weighted by Crippen LogP contribution is -2.33. The number of amides is 1. The molecule has 1 amide bonds. The van der Waals surface area contributed by atoms with E-state index in [0.717, 1.165) is 0 Å². The fourth-order valence-electron chi connectivity index (χ4n) is 0.827. The normalized spacial score (nSPS) is 12.1. The van der Waals surface area contributed by atoms with Gasteiger partial charge in [-0.2, -0.15) is 15.0 Å². The SMILES string of the molecule is CC(Nc1nc(N)nc(CCl)n1)C(N)=O. The predicted molar refractivity (Wildman–Crippen MR) is 56.1 cm³/mol. The summed E-state index contributed by atoms with van der Waals surface area (Å²) in [6.07, 6.45) is 0. The number of carbonyl (C=O) groups is 1. The second kappa shape index (κ2) is 4.74. The summed E-state index contributed by atoms with van der Waals surface area (Å²) in [5.74, 6) is 0.167. The average Bonchev–Trinajstić information content (AvgIpc) is 2.16. The topological polar surface area (TPSA) is 120 Å². The molecule has 5 N–H and O–H groups in total. The Bertz CT molecular complexity index is 370. The van der Waals surface area contributed by atoms with Crippen LogP contribution in [0.15, 0.2) is 0 Å². The molecular weight excluding hydrogens is 220 g/mol. The van der Waals surface area contributed by atoms with Gasteiger partial charge in [0, 0.05) is 0 Å². The zero-order valence-corrected chi connectivity index (χ0v) is 8.82. The zero-order chi connectivity index (χ0) is 11.4. The van der Waals surface area contributed by atoms with Crippen LogP contribution in [0.4, 0.5) is 11.9 Å². The van der Waals surface area contributed by atoms with Crippen molar-refractivity contribution in [1.29, 1.82) is 0 Å². The molecule has 0 radical (unpaired) electrons. The molecule has 8 heteroatoms. The van der Waals surface area contributed by atoms with Gasteiger partial charge in [-0.25, -0.2) is 0 Å². The molecule has 0 aliphatic rings. The van der Waals surface area contributed by atoms with Crippen molar-refractivity contribution in [3.05, 3.63) is 5.82 Å². The lowest BCUT2D eigenvalue weighted by molar-refractivity contribution is -0.118. The molecule has 1 heterocycles. The minimum Gasteiger partial charge on any atom is -0.368 e. The second-order valence-electron chi connectivity index (χ2n) is 2.84. The first-order valence-corrected chi connectivity index (χ1v) is 4.68. The van der Waals surface area contributed by atoms with E-state index in [0.29, 0.717) is 5.82 Å². The number of nitrogens with one attached hydrogen (secondary N) is 1. The number of rotatable bonds is 4. The van der Waals surface area contributed by atoms with E-state index in [1.165, 1.54) is 0 Å². The average molecular weight is 231 g/mol. The third kappa shape index (κ3) is 3.21. The molecule has 1 atom stereocenters. The number of nitrogens with zero attached hydrogens (tertiary/aromatic N) is 3. The number of primary amides is 1. The summed E-state index contributed by atoms with van der Waals surface area (Å²) >= 11 is 5.54. The van der Waals surface area contributed by atoms with Gasteiger partial charge in [-0.1, -0.05) is 0 Å². The Kier molecular flexibility index (Phi) is 3.62. The minimum absolute atomic E-state index is 0.0415. The van der Waals surface area contributed by atoms with Gasteiger partial charge >= 0.3 is 0 Å². The summed E-state index contributed by atoms with van der Waals surface area (Å²) in [5.41, 5.74) is 10.5. The number of carbonyl (C=O) groups excluding carboxylic acids is 1. The lowest BCUT2D eigenvalue weighted by Gasteiger charge is -2.10. The van der Waals surface area contributed by atoms with Gasteiger partial charge in [-0.3, -0.25) is 4.79 Å². The van der Waals surface area contributed by atoms with Crippen molar-refractivity contribution in [3.63, 3.8) is 0 Å². The number of hydrogen-bond donors (Lipinski definition) is 3. The van der Waals surface area contributed by atoms with E-state index >= 15 is 0 Å². The Hall–Kier alpha value is -1.63. The zero-order valence-electron chi connectivity index (χ0n) is 8.07. The molecule has 0 bridgehead atoms. The van der Waals surface area contributed by atoms with Gasteiger partial charge in [0.1, 0.15) is 6.04 Å². The van der Waals surface area contributed by atoms with Gasteiger partial charge in [0.2, 0.25) is 17.8 Å². The highest BCUT2D eigenvalue weighted by Gasteiger charge is 2.11. The molecule has 1 rings (SSSR count). The Labute approximate surface area is 91.2 Å². The van der Waals surface area contributed by atoms with Crippen LogP contribution in [-0.4, -0.2) is 26.9 Å². The molecule has 0 aliphatic heterocycles. The molecule has 1 aromatic heterocycles. The van der Waals surface area contributed by atoms with Crippen molar-refractivity contribution in [2.45, 2.75) is 18.8 Å². The molecule has 0 aromatic carbocycles. The number of anilines is 2. The number of alkyl halides is 1. The highest BCUT2D eigenvalue weighted by Crippen LogP contribution is 2.05. The summed E-state index contributed by atoms with van der Waals surface area (Å²) in [6, 6.07) is -0.588. The Morgan fingerprint density at radius 3 is 2.73 bits per heavy atom. The highest BCUT2D eigenvalue weighted by atomic mass is 35.5. The third-order valence-corrected chi connectivity index (χ3v) is 1.83. The summed E-state index contributed by atoms with van der Waals surface area (Å²) in [7, 11) is 0. The van der Waals surface area contributed by atoms with Crippen LogP contribution in [0.25, 0.3) is 0 Å². The molecule has 0 spiro atoms. The van der Waals surface area contributed by atoms with E-state index in [1.807, 2.05) is 0 Å². The Morgan fingerprint density at radius 1 is 1.53 bits per heavy atom. The molecular formula is C7H11ClN6O. The molecule has 0 saturated heterocycles. The largest absolute Gasteiger partial charge is 0.368 e. The smallest absolute Gasteiger partial charge is 0.239 e. The number of halogens is 1. The number of nitrogens with two attached hydrogens (primary N) is 2. The molecule has 1 unspecified atom stereocenters. The van der Waals surface area contributed by atoms with Crippen molar-refractivity contribution in [3.8, 4) is 0 Å². The van der Waals surface area contributed by atoms with Crippen LogP contribution in [0.5, 0.6) is 0 Å². The van der Waals surface area contributed by atoms with Gasteiger partial charge in [-0.05, 0) is 6.92 Å². The summed E-state index contributed by atoms with van der Waals surface area (Å²) in [5, 5.41) is 2.68. The first kappa shape index (κ1) is 11.4. The molecule has 1 aromatic rings. The van der Waals surface area contributed by atoms with Crippen LogP contribution in [0.1, 0.15) is 12.7 Å². The van der Waals surface area contributed by atoms with E-state index in [2.05, 4.69) is 20.3 Å². The predicted octanol–water partition coefficient (Wildman–Crippen LogP) is -0.522. The fraction of sp³-hybridized carbons (Fsp3) is 0.429. The maximum Gasteiger partial charge on any atom is 0.239 e. The summed E-state index contributed by atoms with van der Waals surface area (Å²) < 4.78 is 0. The number of nitrogen functional groups attached to an aromatic ring is 1. The minimum atomic E-state index is -0.588. The molecule has 15 heavy (non-hydrogen) atoms. The van der Waals surface area contributed by atoms with Gasteiger partial charge in [-0.15, -0.1) is 11.6 Å². The van der Waals surface area contributed by atoms with Crippen LogP contribution >= 0.6 is 11.6 Å². The van der Waals surface area contributed by atoms with Crippen LogP contribution in [0, 0.1) is 0 Å². The van der Waals surface area contributed by atoms with Gasteiger partial charge < -0.3 is 16.8 Å². The van der Waals surface area contributed by atoms with E-state index in [4.69, 9.17) is 23.1 Å². The Balaban J connectivity index is 2.85. The quantitative estimate of drug-likeness (QED) is 0.599. The second-order valence-corrected chi connectivity index (χ2v) is 3.10. The van der Waals surface area contributed by atoms with Crippen LogP contribution in [0.2, 0.25) is 0 Å². The molecule has 7 nitrogen and oxygen atoms in total. The first-order valence-electron chi connectivity index (χ1n) is 4.15. The van der Waals surface area contributed by atoms with Gasteiger partial charge in [0.25, 0.3) is 0 Å². The molecule has 82 valence electrons. The van der Waals surface area contributed by atoms with E-state index in [9.17, 15) is 4.79 Å². The van der Waals surface area contributed by atoms with Crippen LogP contribution in [0.3, 0.4) is 0 Å². The van der Waals surface area contributed by atoms with Crippen LogP contribution in [-0.2, 0) is 10.7 Å². The van der Waals surface area contributed by atoms with Crippen LogP contribution < -0.4 is 16.8 Å². The third-order valence-electron chi connectivity index (χ3n) is 1.59. The van der Waals surface area contributed by atoms with Crippen molar-refractivity contribution in [2.24, 2.45) is 5.73 Å². The van der Waals surface area contributed by atoms with E-state index in [1.54, 1.807) is 6.92 Å². The van der Waals surface area contributed by atoms with Gasteiger partial charge in [0.05, 0.1) is 5.88 Å². The van der Waals surface area contributed by atoms with Gasteiger partial charge in [0.15, 0.2) is 5.82 Å². The Morgan fingerprint density at radius 2 is 2.20 bits per heavy atom. The highest BCUT2D eigenvalue weighted by molar-refractivity contribution is 6.16. The molecule has 0 fully saturated rings. The van der Waals surface area contributed by atoms with Crippen molar-refractivity contribution < 1.29 is 4.79 Å². The van der Waals surface area contributed by atoms with E-state index in [-0.39, 0.29) is 17.8 Å². The standard InChI is InChI=1S/C7H11ClN6O/c1-3(5(9)15)11-7-13-4(2-8)12-6(10)14-7/h3H,2H2,1H3,(H2,9,15)(H3,10,11,12,13,14). The van der Waals surface area contributed by atoms with E-state index < -0.39 is 11.9 Å². The van der Waals surface area contributed by atoms with Crippen molar-refractivity contribution in [1.82, 2.24) is 15.0 Å². The lowest BCUT2D eigenvalue weighted by atomic mass is 10.3. The fourth-order valence-corrected chi connectivity index (χ4v) is 0.947. The maximum absolute atomic E-state index is 10.8. The maximum atomic E-state index is 10.8.